The molecular formula is C15H20N2O2. The fraction of sp³-hybridized carbons (Fsp3) is 0.467. The Balaban J connectivity index is 2.19. The smallest absolute Gasteiger partial charge is 0.251 e. The van der Waals surface area contributed by atoms with E-state index in [-0.39, 0.29) is 17.9 Å². The minimum absolute atomic E-state index is 0.0431. The van der Waals surface area contributed by atoms with Crippen LogP contribution in [0.5, 0.6) is 0 Å². The van der Waals surface area contributed by atoms with Gasteiger partial charge < -0.3 is 10.2 Å². The van der Waals surface area contributed by atoms with Crippen molar-refractivity contribution in [1.29, 1.82) is 0 Å². The molecule has 2 rings (SSSR count). The minimum Gasteiger partial charge on any atom is -0.350 e. The summed E-state index contributed by atoms with van der Waals surface area (Å²) in [4.78, 5) is 25.3. The lowest BCUT2D eigenvalue weighted by atomic mass is 10.1. The van der Waals surface area contributed by atoms with Crippen LogP contribution in [0.15, 0.2) is 18.2 Å². The fourth-order valence-electron chi connectivity index (χ4n) is 2.28. The molecule has 0 saturated carbocycles. The standard InChI is InChI=1S/C15H20N2O2/c1-4-10(2)16-15(19)13-5-6-14-12(9-13)7-8-17(14)11(3)18/h5-6,9-10H,4,7-8H2,1-3H3,(H,16,19)/t10-/m1/s1. The molecule has 2 amide bonds. The fourth-order valence-corrected chi connectivity index (χ4v) is 2.28. The van der Waals surface area contributed by atoms with Gasteiger partial charge in [0.1, 0.15) is 0 Å². The van der Waals surface area contributed by atoms with Gasteiger partial charge in [0.05, 0.1) is 0 Å². The quantitative estimate of drug-likeness (QED) is 0.905. The summed E-state index contributed by atoms with van der Waals surface area (Å²) in [5.74, 6) is 0.00832. The van der Waals surface area contributed by atoms with Crippen LogP contribution in [-0.4, -0.2) is 24.4 Å². The van der Waals surface area contributed by atoms with Gasteiger partial charge in [-0.05, 0) is 43.5 Å². The molecule has 0 unspecified atom stereocenters. The lowest BCUT2D eigenvalue weighted by molar-refractivity contribution is -0.116. The normalized spacial score (nSPS) is 15.0. The highest BCUT2D eigenvalue weighted by Crippen LogP contribution is 2.28. The van der Waals surface area contributed by atoms with Crippen molar-refractivity contribution in [2.45, 2.75) is 39.7 Å². The summed E-state index contributed by atoms with van der Waals surface area (Å²) < 4.78 is 0. The van der Waals surface area contributed by atoms with Crippen molar-refractivity contribution in [3.8, 4) is 0 Å². The zero-order chi connectivity index (χ0) is 14.0. The molecule has 1 atom stereocenters. The second-order valence-corrected chi connectivity index (χ2v) is 5.05. The molecule has 0 aromatic heterocycles. The van der Waals surface area contributed by atoms with Crippen molar-refractivity contribution in [3.05, 3.63) is 29.3 Å². The van der Waals surface area contributed by atoms with Gasteiger partial charge in [0.2, 0.25) is 5.91 Å². The number of carbonyl (C=O) groups is 2. The molecule has 0 radical (unpaired) electrons. The second kappa shape index (κ2) is 5.43. The lowest BCUT2D eigenvalue weighted by Gasteiger charge is -2.15. The molecule has 0 aliphatic carbocycles. The van der Waals surface area contributed by atoms with E-state index in [1.807, 2.05) is 26.0 Å². The topological polar surface area (TPSA) is 49.4 Å². The number of fused-ring (bicyclic) bond motifs is 1. The van der Waals surface area contributed by atoms with Crippen LogP contribution >= 0.6 is 0 Å². The Morgan fingerprint density at radius 2 is 2.16 bits per heavy atom. The van der Waals surface area contributed by atoms with Crippen LogP contribution in [0.4, 0.5) is 5.69 Å². The molecule has 0 saturated heterocycles. The summed E-state index contributed by atoms with van der Waals surface area (Å²) in [5.41, 5.74) is 2.68. The van der Waals surface area contributed by atoms with Crippen molar-refractivity contribution in [1.82, 2.24) is 5.32 Å². The highest BCUT2D eigenvalue weighted by atomic mass is 16.2. The number of amides is 2. The Labute approximate surface area is 113 Å². The Morgan fingerprint density at radius 1 is 1.42 bits per heavy atom. The van der Waals surface area contributed by atoms with E-state index in [1.54, 1.807) is 17.9 Å². The number of nitrogens with zero attached hydrogens (tertiary/aromatic N) is 1. The van der Waals surface area contributed by atoms with Crippen molar-refractivity contribution in [2.75, 3.05) is 11.4 Å². The van der Waals surface area contributed by atoms with E-state index in [2.05, 4.69) is 5.32 Å². The maximum atomic E-state index is 12.0. The summed E-state index contributed by atoms with van der Waals surface area (Å²) in [6, 6.07) is 5.73. The van der Waals surface area contributed by atoms with Crippen molar-refractivity contribution < 1.29 is 9.59 Å². The lowest BCUT2D eigenvalue weighted by Crippen LogP contribution is -2.32. The van der Waals surface area contributed by atoms with Crippen molar-refractivity contribution in [3.63, 3.8) is 0 Å². The zero-order valence-corrected chi connectivity index (χ0v) is 11.7. The summed E-state index contributed by atoms with van der Waals surface area (Å²) in [5, 5.41) is 2.95. The Kier molecular flexibility index (Phi) is 3.88. The third-order valence-corrected chi connectivity index (χ3v) is 3.61. The third-order valence-electron chi connectivity index (χ3n) is 3.61. The number of nitrogens with one attached hydrogen (secondary N) is 1. The van der Waals surface area contributed by atoms with Gasteiger partial charge in [-0.15, -0.1) is 0 Å². The summed E-state index contributed by atoms with van der Waals surface area (Å²) in [7, 11) is 0. The summed E-state index contributed by atoms with van der Waals surface area (Å²) in [6.07, 6.45) is 1.73. The first-order chi connectivity index (χ1) is 9.02. The van der Waals surface area contributed by atoms with Gasteiger partial charge in [-0.2, -0.15) is 0 Å². The number of rotatable bonds is 3. The highest BCUT2D eigenvalue weighted by Gasteiger charge is 2.23. The molecule has 1 heterocycles. The van der Waals surface area contributed by atoms with Gasteiger partial charge in [0, 0.05) is 30.8 Å². The van der Waals surface area contributed by atoms with E-state index in [1.165, 1.54) is 0 Å². The van der Waals surface area contributed by atoms with Crippen LogP contribution in [0.3, 0.4) is 0 Å². The van der Waals surface area contributed by atoms with E-state index < -0.39 is 0 Å². The van der Waals surface area contributed by atoms with Gasteiger partial charge in [0.15, 0.2) is 0 Å². The molecule has 1 aromatic rings. The van der Waals surface area contributed by atoms with E-state index in [4.69, 9.17) is 0 Å². The Morgan fingerprint density at radius 3 is 2.79 bits per heavy atom. The van der Waals surface area contributed by atoms with E-state index in [0.717, 1.165) is 24.1 Å². The molecule has 102 valence electrons. The van der Waals surface area contributed by atoms with E-state index in [0.29, 0.717) is 12.1 Å². The SMILES string of the molecule is CC[C@@H](C)NC(=O)c1ccc2c(c1)CCN2C(C)=O. The number of hydrogen-bond acceptors (Lipinski definition) is 2. The molecule has 4 nitrogen and oxygen atoms in total. The third kappa shape index (κ3) is 2.78. The van der Waals surface area contributed by atoms with Gasteiger partial charge in [-0.25, -0.2) is 0 Å². The van der Waals surface area contributed by atoms with E-state index >= 15 is 0 Å². The van der Waals surface area contributed by atoms with Crippen LogP contribution in [0, 0.1) is 0 Å². The highest BCUT2D eigenvalue weighted by molar-refractivity contribution is 5.97. The molecule has 1 N–H and O–H groups in total. The van der Waals surface area contributed by atoms with Crippen molar-refractivity contribution in [2.24, 2.45) is 0 Å². The van der Waals surface area contributed by atoms with Gasteiger partial charge in [-0.3, -0.25) is 9.59 Å². The van der Waals surface area contributed by atoms with Crippen LogP contribution in [0.1, 0.15) is 43.1 Å². The Bertz CT molecular complexity index is 511. The van der Waals surface area contributed by atoms with Crippen LogP contribution < -0.4 is 10.2 Å². The molecule has 0 fully saturated rings. The minimum atomic E-state index is -0.0431. The number of benzene rings is 1. The molecule has 0 bridgehead atoms. The predicted molar refractivity (Wildman–Crippen MR) is 75.4 cm³/mol. The molecule has 0 spiro atoms. The average molecular weight is 260 g/mol. The maximum absolute atomic E-state index is 12.0. The molecule has 1 aliphatic heterocycles. The predicted octanol–water partition coefficient (Wildman–Crippen LogP) is 2.12. The van der Waals surface area contributed by atoms with Gasteiger partial charge >= 0.3 is 0 Å². The van der Waals surface area contributed by atoms with E-state index in [9.17, 15) is 9.59 Å². The van der Waals surface area contributed by atoms with Gasteiger partial charge in [-0.1, -0.05) is 6.92 Å². The molecular weight excluding hydrogens is 240 g/mol. The molecule has 1 aliphatic rings. The van der Waals surface area contributed by atoms with Crippen LogP contribution in [0.25, 0.3) is 0 Å². The summed E-state index contributed by atoms with van der Waals surface area (Å²) >= 11 is 0. The van der Waals surface area contributed by atoms with Crippen molar-refractivity contribution >= 4 is 17.5 Å². The molecule has 19 heavy (non-hydrogen) atoms. The largest absolute Gasteiger partial charge is 0.350 e. The average Bonchev–Trinajstić information content (AvgIpc) is 2.81. The first kappa shape index (κ1) is 13.6. The first-order valence-corrected chi connectivity index (χ1v) is 6.74. The Hall–Kier alpha value is -1.84. The van der Waals surface area contributed by atoms with Crippen LogP contribution in [0.2, 0.25) is 0 Å². The molecule has 4 heteroatoms. The number of anilines is 1. The second-order valence-electron chi connectivity index (χ2n) is 5.05. The number of hydrogen-bond donors (Lipinski definition) is 1. The summed E-state index contributed by atoms with van der Waals surface area (Å²) in [6.45, 7) is 6.31. The first-order valence-electron chi connectivity index (χ1n) is 6.74. The maximum Gasteiger partial charge on any atom is 0.251 e. The molecule has 1 aromatic carbocycles. The van der Waals surface area contributed by atoms with Crippen LogP contribution in [-0.2, 0) is 11.2 Å². The monoisotopic (exact) mass is 260 g/mol. The zero-order valence-electron chi connectivity index (χ0n) is 11.7. The number of carbonyl (C=O) groups excluding carboxylic acids is 2. The van der Waals surface area contributed by atoms with Gasteiger partial charge in [0.25, 0.3) is 5.91 Å².